The van der Waals surface area contributed by atoms with Crippen LogP contribution in [0.25, 0.3) is 0 Å². The minimum absolute atomic E-state index is 0.0483. The average Bonchev–Trinajstić information content (AvgIpc) is 2.71. The molecule has 8 heteroatoms. The third-order valence-corrected chi connectivity index (χ3v) is 7.21. The maximum atomic E-state index is 13.3. The fourth-order valence-electron chi connectivity index (χ4n) is 3.54. The Morgan fingerprint density at radius 2 is 2.07 bits per heavy atom. The molecule has 0 amide bonds. The first-order chi connectivity index (χ1) is 14.4. The summed E-state index contributed by atoms with van der Waals surface area (Å²) in [6, 6.07) is 0. The number of allylic oxidation sites excluding steroid dienone is 2. The third-order valence-electron chi connectivity index (χ3n) is 4.85. The number of rotatable bonds is 14. The lowest BCUT2D eigenvalue weighted by atomic mass is 9.72. The molecule has 0 aromatic carbocycles. The number of hydrogen-bond acceptors (Lipinski definition) is 8. The largest absolute Gasteiger partial charge is 0.468 e. The van der Waals surface area contributed by atoms with Crippen molar-refractivity contribution in [1.29, 1.82) is 0 Å². The van der Waals surface area contributed by atoms with E-state index >= 15 is 0 Å². The lowest BCUT2D eigenvalue weighted by molar-refractivity contribution is -0.152. The second-order valence-corrected chi connectivity index (χ2v) is 10.1. The number of esters is 1. The molecule has 1 N–H and O–H groups in total. The zero-order chi connectivity index (χ0) is 22.5. The van der Waals surface area contributed by atoms with Gasteiger partial charge in [-0.15, -0.1) is 6.58 Å². The number of hydrogen-bond donors (Lipinski definition) is 1. The van der Waals surface area contributed by atoms with Crippen molar-refractivity contribution in [2.45, 2.75) is 51.7 Å². The molecule has 0 bridgehead atoms. The molecule has 0 aliphatic heterocycles. The molecule has 3 atom stereocenters. The molecular formula is C22H35NO5S2. The van der Waals surface area contributed by atoms with Crippen LogP contribution >= 0.6 is 23.5 Å². The summed E-state index contributed by atoms with van der Waals surface area (Å²) in [6.45, 7) is 9.98. The summed E-state index contributed by atoms with van der Waals surface area (Å²) in [5, 5.41) is 0.245. The van der Waals surface area contributed by atoms with Crippen LogP contribution in [0.15, 0.2) is 23.9 Å². The predicted octanol–water partition coefficient (Wildman–Crippen LogP) is 3.96. The summed E-state index contributed by atoms with van der Waals surface area (Å²) >= 11 is 3.70. The minimum Gasteiger partial charge on any atom is -0.468 e. The molecule has 0 spiro atoms. The van der Waals surface area contributed by atoms with E-state index in [1.807, 2.05) is 30.4 Å². The Morgan fingerprint density at radius 3 is 2.67 bits per heavy atom. The SMILES string of the molecule is C=CCONC(CCC)=C1C(=O)CC(CC(C)SCCSCC)C(C(=O)OC)C1=O. The molecule has 0 saturated heterocycles. The number of carbonyl (C=O) groups is 3. The van der Waals surface area contributed by atoms with Crippen LogP contribution in [0.3, 0.4) is 0 Å². The van der Waals surface area contributed by atoms with E-state index in [0.717, 1.165) is 23.7 Å². The number of thioether (sulfide) groups is 2. The maximum Gasteiger partial charge on any atom is 0.316 e. The highest BCUT2D eigenvalue weighted by atomic mass is 32.2. The Kier molecular flexibility index (Phi) is 13.1. The van der Waals surface area contributed by atoms with Crippen LogP contribution in [-0.2, 0) is 24.0 Å². The predicted molar refractivity (Wildman–Crippen MR) is 124 cm³/mol. The molecule has 0 heterocycles. The van der Waals surface area contributed by atoms with Crippen LogP contribution in [0.5, 0.6) is 0 Å². The van der Waals surface area contributed by atoms with Crippen molar-refractivity contribution in [2.75, 3.05) is 31.0 Å². The van der Waals surface area contributed by atoms with Crippen LogP contribution in [0.2, 0.25) is 0 Å². The number of methoxy groups -OCH3 is 1. The first kappa shape index (κ1) is 26.8. The summed E-state index contributed by atoms with van der Waals surface area (Å²) in [4.78, 5) is 44.0. The lowest BCUT2D eigenvalue weighted by Gasteiger charge is -2.31. The van der Waals surface area contributed by atoms with Crippen LogP contribution < -0.4 is 5.48 Å². The van der Waals surface area contributed by atoms with E-state index in [4.69, 9.17) is 9.57 Å². The lowest BCUT2D eigenvalue weighted by Crippen LogP contribution is -2.43. The first-order valence-electron chi connectivity index (χ1n) is 10.5. The van der Waals surface area contributed by atoms with Gasteiger partial charge in [0.25, 0.3) is 0 Å². The molecule has 0 aromatic rings. The number of nitrogens with one attached hydrogen (secondary N) is 1. The summed E-state index contributed by atoms with van der Waals surface area (Å²) in [5.74, 6) is 0.595. The Balaban J connectivity index is 3.05. The number of ether oxygens (including phenoxy) is 1. The highest BCUT2D eigenvalue weighted by Crippen LogP contribution is 2.36. The molecule has 1 rings (SSSR count). The molecule has 0 aromatic heterocycles. The summed E-state index contributed by atoms with van der Waals surface area (Å²) in [5.41, 5.74) is 3.21. The van der Waals surface area contributed by atoms with E-state index in [1.165, 1.54) is 7.11 Å². The molecule has 6 nitrogen and oxygen atoms in total. The van der Waals surface area contributed by atoms with Gasteiger partial charge in [0.05, 0.1) is 25.0 Å². The van der Waals surface area contributed by atoms with Crippen molar-refractivity contribution in [3.05, 3.63) is 23.9 Å². The van der Waals surface area contributed by atoms with Crippen LogP contribution in [-0.4, -0.2) is 53.8 Å². The number of carbonyl (C=O) groups excluding carboxylic acids is 3. The Morgan fingerprint density at radius 1 is 1.33 bits per heavy atom. The minimum atomic E-state index is -0.955. The normalized spacial score (nSPS) is 21.9. The molecule has 1 saturated carbocycles. The topological polar surface area (TPSA) is 81.7 Å². The van der Waals surface area contributed by atoms with Gasteiger partial charge in [-0.25, -0.2) is 0 Å². The molecule has 1 aliphatic rings. The van der Waals surface area contributed by atoms with E-state index in [-0.39, 0.29) is 35.6 Å². The van der Waals surface area contributed by atoms with Crippen molar-refractivity contribution in [2.24, 2.45) is 11.8 Å². The van der Waals surface area contributed by atoms with Crippen LogP contribution in [0.1, 0.15) is 46.5 Å². The van der Waals surface area contributed by atoms with E-state index in [9.17, 15) is 14.4 Å². The van der Waals surface area contributed by atoms with E-state index in [0.29, 0.717) is 18.5 Å². The average molecular weight is 458 g/mol. The van der Waals surface area contributed by atoms with Crippen molar-refractivity contribution in [1.82, 2.24) is 5.48 Å². The maximum absolute atomic E-state index is 13.3. The summed E-state index contributed by atoms with van der Waals surface area (Å²) in [7, 11) is 1.28. The highest BCUT2D eigenvalue weighted by molar-refractivity contribution is 8.03. The quantitative estimate of drug-likeness (QED) is 0.0798. The second kappa shape index (κ2) is 14.7. The van der Waals surface area contributed by atoms with Gasteiger partial charge in [0.1, 0.15) is 5.92 Å². The van der Waals surface area contributed by atoms with Crippen molar-refractivity contribution < 1.29 is 24.0 Å². The molecule has 3 unspecified atom stereocenters. The molecule has 30 heavy (non-hydrogen) atoms. The third kappa shape index (κ3) is 8.12. The fourth-order valence-corrected chi connectivity index (χ4v) is 5.47. The zero-order valence-electron chi connectivity index (χ0n) is 18.5. The van der Waals surface area contributed by atoms with E-state index in [1.54, 1.807) is 6.08 Å². The number of ketones is 2. The Bertz CT molecular complexity index is 635. The number of hydroxylamine groups is 1. The van der Waals surface area contributed by atoms with Crippen LogP contribution in [0, 0.1) is 11.8 Å². The molecule has 170 valence electrons. The van der Waals surface area contributed by atoms with Crippen molar-refractivity contribution >= 4 is 41.1 Å². The summed E-state index contributed by atoms with van der Waals surface area (Å²) in [6.07, 6.45) is 3.54. The first-order valence-corrected chi connectivity index (χ1v) is 12.7. The van der Waals surface area contributed by atoms with Gasteiger partial charge in [0, 0.05) is 23.2 Å². The highest BCUT2D eigenvalue weighted by Gasteiger charge is 2.46. The monoisotopic (exact) mass is 457 g/mol. The van der Waals surface area contributed by atoms with Gasteiger partial charge in [0.2, 0.25) is 0 Å². The van der Waals surface area contributed by atoms with Gasteiger partial charge in [0.15, 0.2) is 11.6 Å². The Labute approximate surface area is 188 Å². The number of Topliss-reactive ketones (excluding diaryl/α,β-unsaturated/α-hetero) is 2. The Hall–Kier alpha value is -1.25. The van der Waals surface area contributed by atoms with Crippen LogP contribution in [0.4, 0.5) is 0 Å². The molecule has 1 fully saturated rings. The van der Waals surface area contributed by atoms with Crippen molar-refractivity contribution in [3.63, 3.8) is 0 Å². The molecule has 1 aliphatic carbocycles. The van der Waals surface area contributed by atoms with Gasteiger partial charge in [-0.2, -0.15) is 23.5 Å². The molecule has 0 radical (unpaired) electrons. The summed E-state index contributed by atoms with van der Waals surface area (Å²) < 4.78 is 4.94. The van der Waals surface area contributed by atoms with Gasteiger partial charge in [-0.05, 0) is 24.5 Å². The molecular weight excluding hydrogens is 422 g/mol. The zero-order valence-corrected chi connectivity index (χ0v) is 20.2. The van der Waals surface area contributed by atoms with E-state index in [2.05, 4.69) is 25.9 Å². The smallest absolute Gasteiger partial charge is 0.316 e. The second-order valence-electron chi connectivity index (χ2n) is 7.17. The fraction of sp³-hybridized carbons (Fsp3) is 0.682. The standard InChI is InChI=1S/C22H35NO5S2/c1-6-9-17(23-28-10-7-2)20-18(24)14-16(19(21(20)25)22(26)27-5)13-15(4)30-12-11-29-8-3/h7,15-16,19,23H,2,6,8-14H2,1,3-5H3. The van der Waals surface area contributed by atoms with E-state index < -0.39 is 17.7 Å². The van der Waals surface area contributed by atoms with Gasteiger partial charge in [-0.1, -0.05) is 33.3 Å². The van der Waals surface area contributed by atoms with Gasteiger partial charge < -0.3 is 4.74 Å². The van der Waals surface area contributed by atoms with Gasteiger partial charge in [-0.3, -0.25) is 24.7 Å². The van der Waals surface area contributed by atoms with Gasteiger partial charge >= 0.3 is 5.97 Å². The van der Waals surface area contributed by atoms with Crippen molar-refractivity contribution in [3.8, 4) is 0 Å².